The van der Waals surface area contributed by atoms with Gasteiger partial charge < -0.3 is 4.74 Å². The van der Waals surface area contributed by atoms with Gasteiger partial charge in [0.2, 0.25) is 0 Å². The van der Waals surface area contributed by atoms with Crippen LogP contribution in [0.15, 0.2) is 47.4 Å². The van der Waals surface area contributed by atoms with E-state index >= 15 is 0 Å². The molecular weight excluding hydrogens is 322 g/mol. The van der Waals surface area contributed by atoms with Crippen molar-refractivity contribution in [2.75, 3.05) is 13.2 Å². The molecule has 1 fully saturated rings. The van der Waals surface area contributed by atoms with Crippen LogP contribution in [0.1, 0.15) is 31.4 Å². The zero-order chi connectivity index (χ0) is 17.8. The first kappa shape index (κ1) is 17.2. The molecule has 25 heavy (non-hydrogen) atoms. The summed E-state index contributed by atoms with van der Waals surface area (Å²) in [4.78, 5) is 24.7. The smallest absolute Gasteiger partial charge is 0.285 e. The van der Waals surface area contributed by atoms with Crippen molar-refractivity contribution < 1.29 is 9.66 Å². The van der Waals surface area contributed by atoms with Gasteiger partial charge >= 0.3 is 0 Å². The van der Waals surface area contributed by atoms with Gasteiger partial charge in [0.1, 0.15) is 5.75 Å². The summed E-state index contributed by atoms with van der Waals surface area (Å²) in [6.07, 6.45) is 3.34. The predicted octanol–water partition coefficient (Wildman–Crippen LogP) is 2.95. The number of ether oxygens (including phenoxy) is 1. The van der Waals surface area contributed by atoms with E-state index in [-0.39, 0.29) is 17.3 Å². The van der Waals surface area contributed by atoms with Crippen LogP contribution in [0.25, 0.3) is 0 Å². The van der Waals surface area contributed by atoms with Crippen molar-refractivity contribution in [3.63, 3.8) is 0 Å². The molecule has 7 heteroatoms. The lowest BCUT2D eigenvalue weighted by atomic mass is 10.0. The van der Waals surface area contributed by atoms with Crippen LogP contribution < -0.4 is 10.3 Å². The molecule has 7 nitrogen and oxygen atoms in total. The molecule has 1 aromatic carbocycles. The number of pyridine rings is 1. The van der Waals surface area contributed by atoms with E-state index in [1.807, 2.05) is 31.2 Å². The number of rotatable bonds is 6. The largest absolute Gasteiger partial charge is 0.494 e. The van der Waals surface area contributed by atoms with Crippen molar-refractivity contribution in [1.82, 2.24) is 9.47 Å². The lowest BCUT2D eigenvalue weighted by Gasteiger charge is -2.25. The van der Waals surface area contributed by atoms with Crippen molar-refractivity contribution in [1.29, 1.82) is 0 Å². The third-order valence-electron chi connectivity index (χ3n) is 4.45. The summed E-state index contributed by atoms with van der Waals surface area (Å²) < 4.78 is 6.88. The van der Waals surface area contributed by atoms with Crippen LogP contribution in [0.4, 0.5) is 5.69 Å². The van der Waals surface area contributed by atoms with Crippen molar-refractivity contribution >= 4 is 5.69 Å². The summed E-state index contributed by atoms with van der Waals surface area (Å²) in [6.45, 7) is 3.78. The van der Waals surface area contributed by atoms with Gasteiger partial charge in [-0.25, -0.2) is 0 Å². The fraction of sp³-hybridized carbons (Fsp3) is 0.389. The van der Waals surface area contributed by atoms with Crippen molar-refractivity contribution in [3.8, 4) is 5.75 Å². The molecule has 2 heterocycles. The van der Waals surface area contributed by atoms with Gasteiger partial charge in [-0.05, 0) is 37.5 Å². The number of aromatic nitrogens is 1. The van der Waals surface area contributed by atoms with E-state index < -0.39 is 4.92 Å². The molecule has 0 N–H and O–H groups in total. The Morgan fingerprint density at radius 1 is 1.24 bits per heavy atom. The molecule has 1 atom stereocenters. The summed E-state index contributed by atoms with van der Waals surface area (Å²) in [5.74, 6) is 0.839. The molecule has 0 amide bonds. The van der Waals surface area contributed by atoms with Gasteiger partial charge in [0.05, 0.1) is 24.4 Å². The second-order valence-electron chi connectivity index (χ2n) is 6.07. The van der Waals surface area contributed by atoms with Gasteiger partial charge in [0.15, 0.2) is 0 Å². The van der Waals surface area contributed by atoms with Crippen LogP contribution in [0.3, 0.4) is 0 Å². The van der Waals surface area contributed by atoms with E-state index in [2.05, 4.69) is 4.90 Å². The maximum Gasteiger partial charge on any atom is 0.285 e. The van der Waals surface area contributed by atoms with E-state index in [0.29, 0.717) is 13.3 Å². The van der Waals surface area contributed by atoms with Crippen LogP contribution in [0.2, 0.25) is 0 Å². The number of nitrogens with zero attached hydrogens (tertiary/aromatic N) is 3. The summed E-state index contributed by atoms with van der Waals surface area (Å²) in [7, 11) is 0. The Morgan fingerprint density at radius 3 is 2.68 bits per heavy atom. The van der Waals surface area contributed by atoms with Crippen LogP contribution in [-0.4, -0.2) is 27.5 Å². The molecule has 0 unspecified atom stereocenters. The first-order valence-electron chi connectivity index (χ1n) is 8.40. The number of nitro groups is 1. The Hall–Kier alpha value is -2.67. The van der Waals surface area contributed by atoms with Crippen LogP contribution in [-0.2, 0) is 6.67 Å². The van der Waals surface area contributed by atoms with Gasteiger partial charge in [0, 0.05) is 24.7 Å². The number of benzene rings is 1. The third kappa shape index (κ3) is 3.88. The molecule has 2 aromatic rings. The number of likely N-dealkylation sites (tertiary alicyclic amines) is 1. The summed E-state index contributed by atoms with van der Waals surface area (Å²) >= 11 is 0. The zero-order valence-electron chi connectivity index (χ0n) is 14.1. The normalized spacial score (nSPS) is 17.6. The van der Waals surface area contributed by atoms with Crippen molar-refractivity contribution in [3.05, 3.63) is 68.6 Å². The highest BCUT2D eigenvalue weighted by Gasteiger charge is 2.26. The topological polar surface area (TPSA) is 77.6 Å². The monoisotopic (exact) mass is 343 g/mol. The SMILES string of the molecule is CCOc1ccc([C@H]2CCCN2Cn2cc([N+](=O)[O-])ccc2=O)cc1. The molecule has 3 rings (SSSR count). The van der Waals surface area contributed by atoms with Gasteiger partial charge in [-0.1, -0.05) is 12.1 Å². The fourth-order valence-corrected chi connectivity index (χ4v) is 3.26. The minimum atomic E-state index is -0.482. The van der Waals surface area contributed by atoms with Gasteiger partial charge in [0.25, 0.3) is 11.2 Å². The number of hydrogen-bond donors (Lipinski definition) is 0. The highest BCUT2D eigenvalue weighted by molar-refractivity contribution is 5.30. The summed E-state index contributed by atoms with van der Waals surface area (Å²) in [5, 5.41) is 10.9. The molecule has 0 aliphatic carbocycles. The fourth-order valence-electron chi connectivity index (χ4n) is 3.26. The van der Waals surface area contributed by atoms with E-state index in [1.165, 1.54) is 28.5 Å². The number of hydrogen-bond acceptors (Lipinski definition) is 5. The van der Waals surface area contributed by atoms with Gasteiger partial charge in [-0.2, -0.15) is 0 Å². The molecule has 0 saturated carbocycles. The molecule has 132 valence electrons. The highest BCUT2D eigenvalue weighted by Crippen LogP contribution is 2.33. The second kappa shape index (κ2) is 7.48. The Labute approximate surface area is 145 Å². The average molecular weight is 343 g/mol. The molecule has 1 saturated heterocycles. The van der Waals surface area contributed by atoms with Crippen LogP contribution in [0, 0.1) is 10.1 Å². The lowest BCUT2D eigenvalue weighted by Crippen LogP contribution is -2.31. The molecule has 0 spiro atoms. The maximum atomic E-state index is 12.0. The zero-order valence-corrected chi connectivity index (χ0v) is 14.1. The summed E-state index contributed by atoms with van der Waals surface area (Å²) in [5.41, 5.74) is 0.860. The third-order valence-corrected chi connectivity index (χ3v) is 4.45. The van der Waals surface area contributed by atoms with Crippen LogP contribution >= 0.6 is 0 Å². The van der Waals surface area contributed by atoms with Crippen molar-refractivity contribution in [2.24, 2.45) is 0 Å². The molecule has 0 bridgehead atoms. The van der Waals surface area contributed by atoms with Gasteiger partial charge in [-0.3, -0.25) is 24.4 Å². The molecule has 1 aromatic heterocycles. The average Bonchev–Trinajstić information content (AvgIpc) is 3.06. The highest BCUT2D eigenvalue weighted by atomic mass is 16.6. The van der Waals surface area contributed by atoms with Gasteiger partial charge in [-0.15, -0.1) is 0 Å². The quantitative estimate of drug-likeness (QED) is 0.595. The maximum absolute atomic E-state index is 12.0. The van der Waals surface area contributed by atoms with Crippen molar-refractivity contribution in [2.45, 2.75) is 32.5 Å². The molecule has 1 aliphatic rings. The molecular formula is C18H21N3O4. The van der Waals surface area contributed by atoms with E-state index in [4.69, 9.17) is 4.74 Å². The van der Waals surface area contributed by atoms with Crippen LogP contribution in [0.5, 0.6) is 5.75 Å². The minimum absolute atomic E-state index is 0.0728. The van der Waals surface area contributed by atoms with E-state index in [1.54, 1.807) is 0 Å². The first-order valence-corrected chi connectivity index (χ1v) is 8.40. The predicted molar refractivity (Wildman–Crippen MR) is 93.6 cm³/mol. The Bertz CT molecular complexity index is 801. The Kier molecular flexibility index (Phi) is 5.14. The van der Waals surface area contributed by atoms with E-state index in [0.717, 1.165) is 25.1 Å². The van der Waals surface area contributed by atoms with E-state index in [9.17, 15) is 14.9 Å². The minimum Gasteiger partial charge on any atom is -0.494 e. The lowest BCUT2D eigenvalue weighted by molar-refractivity contribution is -0.385. The molecule has 1 aliphatic heterocycles. The Balaban J connectivity index is 1.79. The first-order chi connectivity index (χ1) is 12.1. The standard InChI is InChI=1S/C18H21N3O4/c1-2-25-16-8-5-14(6-9-16)17-4-3-11-19(17)13-20-12-15(21(23)24)7-10-18(20)22/h5-10,12,17H,2-4,11,13H2,1H3/t17-/m1/s1. The summed E-state index contributed by atoms with van der Waals surface area (Å²) in [6, 6.07) is 10.7. The Morgan fingerprint density at radius 2 is 2.00 bits per heavy atom. The molecule has 0 radical (unpaired) electrons. The second-order valence-corrected chi connectivity index (χ2v) is 6.07.